The molecule has 0 amide bonds. The van der Waals surface area contributed by atoms with Gasteiger partial charge >= 0.3 is 0 Å². The first-order valence-corrected chi connectivity index (χ1v) is 6.34. The second-order valence-electron chi connectivity index (χ2n) is 4.21. The van der Waals surface area contributed by atoms with Crippen LogP contribution in [0.25, 0.3) is 0 Å². The average Bonchev–Trinajstić information content (AvgIpc) is 2.01. The molecule has 13 heavy (non-hydrogen) atoms. The predicted molar refractivity (Wildman–Crippen MR) is 56.6 cm³/mol. The first-order valence-electron chi connectivity index (χ1n) is 4.26. The van der Waals surface area contributed by atoms with Crippen LogP contribution in [-0.4, -0.2) is 26.1 Å². The molecular formula is C8H18ClNO2S. The van der Waals surface area contributed by atoms with Crippen molar-refractivity contribution in [2.24, 2.45) is 5.41 Å². The van der Waals surface area contributed by atoms with Gasteiger partial charge in [0.15, 0.2) is 0 Å². The second kappa shape index (κ2) is 4.62. The molecule has 0 atom stereocenters. The molecule has 0 aliphatic rings. The molecule has 0 aromatic heterocycles. The van der Waals surface area contributed by atoms with Crippen molar-refractivity contribution < 1.29 is 8.42 Å². The molecule has 1 N–H and O–H groups in total. The fraction of sp³-hybridized carbons (Fsp3) is 1.00. The van der Waals surface area contributed by atoms with E-state index in [1.807, 2.05) is 13.8 Å². The van der Waals surface area contributed by atoms with Gasteiger partial charge in [-0.3, -0.25) is 0 Å². The standard InChI is InChI=1S/C8H18ClNO2S/c1-7(2)13(11,12)10-6-8(3,4)5-9/h7,10H,5-6H2,1-4H3. The van der Waals surface area contributed by atoms with E-state index in [4.69, 9.17) is 11.6 Å². The number of alkyl halides is 1. The average molecular weight is 228 g/mol. The molecule has 80 valence electrons. The maximum absolute atomic E-state index is 11.3. The molecule has 0 unspecified atom stereocenters. The molecule has 0 saturated carbocycles. The van der Waals surface area contributed by atoms with Crippen LogP contribution in [0.2, 0.25) is 0 Å². The fourth-order valence-corrected chi connectivity index (χ4v) is 1.53. The SMILES string of the molecule is CC(C)S(=O)(=O)NCC(C)(C)CCl. The summed E-state index contributed by atoms with van der Waals surface area (Å²) in [4.78, 5) is 0. The zero-order valence-electron chi connectivity index (χ0n) is 8.59. The minimum Gasteiger partial charge on any atom is -0.214 e. The van der Waals surface area contributed by atoms with E-state index in [0.717, 1.165) is 0 Å². The first-order chi connectivity index (χ1) is 5.71. The minimum absolute atomic E-state index is 0.191. The summed E-state index contributed by atoms with van der Waals surface area (Å²) in [6.45, 7) is 7.52. The van der Waals surface area contributed by atoms with Gasteiger partial charge in [0.2, 0.25) is 10.0 Å². The Kier molecular flexibility index (Phi) is 4.69. The quantitative estimate of drug-likeness (QED) is 0.725. The number of sulfonamides is 1. The Balaban J connectivity index is 4.19. The molecule has 3 nitrogen and oxygen atoms in total. The van der Waals surface area contributed by atoms with Crippen LogP contribution in [0.4, 0.5) is 0 Å². The lowest BCUT2D eigenvalue weighted by Gasteiger charge is -2.22. The largest absolute Gasteiger partial charge is 0.214 e. The van der Waals surface area contributed by atoms with Crippen LogP contribution in [0.1, 0.15) is 27.7 Å². The molecule has 0 radical (unpaired) electrons. The summed E-state index contributed by atoms with van der Waals surface area (Å²) in [7, 11) is -3.15. The summed E-state index contributed by atoms with van der Waals surface area (Å²) in [6, 6.07) is 0. The van der Waals surface area contributed by atoms with E-state index >= 15 is 0 Å². The fourth-order valence-electron chi connectivity index (χ4n) is 0.510. The zero-order valence-corrected chi connectivity index (χ0v) is 10.2. The third-order valence-corrected chi connectivity index (χ3v) is 4.25. The summed E-state index contributed by atoms with van der Waals surface area (Å²) >= 11 is 5.67. The normalized spacial score (nSPS) is 13.7. The topological polar surface area (TPSA) is 46.2 Å². The van der Waals surface area contributed by atoms with Gasteiger partial charge in [-0.2, -0.15) is 0 Å². The van der Waals surface area contributed by atoms with E-state index < -0.39 is 15.3 Å². The van der Waals surface area contributed by atoms with Crippen molar-refractivity contribution in [3.63, 3.8) is 0 Å². The van der Waals surface area contributed by atoms with E-state index in [2.05, 4.69) is 4.72 Å². The van der Waals surface area contributed by atoms with E-state index in [9.17, 15) is 8.42 Å². The highest BCUT2D eigenvalue weighted by Crippen LogP contribution is 2.15. The summed E-state index contributed by atoms with van der Waals surface area (Å²) in [5.41, 5.74) is -0.191. The number of hydrogen-bond acceptors (Lipinski definition) is 2. The molecule has 0 aromatic carbocycles. The molecule has 5 heteroatoms. The molecule has 0 heterocycles. The monoisotopic (exact) mass is 227 g/mol. The molecule has 0 saturated heterocycles. The summed E-state index contributed by atoms with van der Waals surface area (Å²) in [6.07, 6.45) is 0. The van der Waals surface area contributed by atoms with Gasteiger partial charge in [-0.25, -0.2) is 13.1 Å². The van der Waals surface area contributed by atoms with Crippen LogP contribution in [0.5, 0.6) is 0 Å². The molecule has 0 aromatic rings. The van der Waals surface area contributed by atoms with Crippen LogP contribution < -0.4 is 4.72 Å². The van der Waals surface area contributed by atoms with Crippen molar-refractivity contribution in [1.29, 1.82) is 0 Å². The van der Waals surface area contributed by atoms with E-state index in [1.54, 1.807) is 13.8 Å². The highest BCUT2D eigenvalue weighted by Gasteiger charge is 2.21. The lowest BCUT2D eigenvalue weighted by Crippen LogP contribution is -2.38. The van der Waals surface area contributed by atoms with Crippen LogP contribution in [0.15, 0.2) is 0 Å². The molecule has 0 spiro atoms. The third kappa shape index (κ3) is 4.84. The minimum atomic E-state index is -3.15. The Morgan fingerprint density at radius 1 is 1.38 bits per heavy atom. The van der Waals surface area contributed by atoms with Gasteiger partial charge in [0.1, 0.15) is 0 Å². The first kappa shape index (κ1) is 13.2. The maximum Gasteiger partial charge on any atom is 0.213 e. The molecular weight excluding hydrogens is 210 g/mol. The van der Waals surface area contributed by atoms with Crippen molar-refractivity contribution in [3.05, 3.63) is 0 Å². The Morgan fingerprint density at radius 2 is 1.85 bits per heavy atom. The Labute approximate surface area is 85.9 Å². The van der Waals surface area contributed by atoms with E-state index in [0.29, 0.717) is 12.4 Å². The lowest BCUT2D eigenvalue weighted by atomic mass is 9.97. The Hall–Kier alpha value is 0.200. The van der Waals surface area contributed by atoms with Crippen LogP contribution in [0.3, 0.4) is 0 Å². The van der Waals surface area contributed by atoms with Crippen molar-refractivity contribution in [2.75, 3.05) is 12.4 Å². The van der Waals surface area contributed by atoms with Gasteiger partial charge in [0, 0.05) is 12.4 Å². The predicted octanol–water partition coefficient (Wildman–Crippen LogP) is 1.58. The van der Waals surface area contributed by atoms with E-state index in [-0.39, 0.29) is 5.41 Å². The van der Waals surface area contributed by atoms with Gasteiger partial charge < -0.3 is 0 Å². The molecule has 0 rings (SSSR count). The third-order valence-electron chi connectivity index (χ3n) is 1.73. The number of rotatable bonds is 5. The Morgan fingerprint density at radius 3 is 2.15 bits per heavy atom. The van der Waals surface area contributed by atoms with Crippen LogP contribution in [-0.2, 0) is 10.0 Å². The number of hydrogen-bond donors (Lipinski definition) is 1. The lowest BCUT2D eigenvalue weighted by molar-refractivity contribution is 0.413. The molecule has 0 fully saturated rings. The van der Waals surface area contributed by atoms with Crippen molar-refractivity contribution in [2.45, 2.75) is 32.9 Å². The van der Waals surface area contributed by atoms with Crippen molar-refractivity contribution in [1.82, 2.24) is 4.72 Å². The van der Waals surface area contributed by atoms with Crippen molar-refractivity contribution in [3.8, 4) is 0 Å². The molecule has 0 aliphatic heterocycles. The zero-order chi connectivity index (χ0) is 10.7. The van der Waals surface area contributed by atoms with Gasteiger partial charge in [-0.15, -0.1) is 11.6 Å². The van der Waals surface area contributed by atoms with Crippen LogP contribution in [0, 0.1) is 5.41 Å². The molecule has 0 bridgehead atoms. The smallest absolute Gasteiger partial charge is 0.213 e. The number of nitrogens with one attached hydrogen (secondary N) is 1. The molecule has 0 aliphatic carbocycles. The van der Waals surface area contributed by atoms with Gasteiger partial charge in [-0.1, -0.05) is 13.8 Å². The highest BCUT2D eigenvalue weighted by molar-refractivity contribution is 7.90. The van der Waals surface area contributed by atoms with Gasteiger partial charge in [0.05, 0.1) is 5.25 Å². The number of halogens is 1. The summed E-state index contributed by atoms with van der Waals surface area (Å²) < 4.78 is 25.2. The Bertz CT molecular complexity index is 247. The van der Waals surface area contributed by atoms with Gasteiger partial charge in [0.25, 0.3) is 0 Å². The maximum atomic E-state index is 11.3. The summed E-state index contributed by atoms with van der Waals surface area (Å²) in [5.74, 6) is 0.438. The summed E-state index contributed by atoms with van der Waals surface area (Å²) in [5, 5.41) is -0.390. The second-order valence-corrected chi connectivity index (χ2v) is 6.80. The highest BCUT2D eigenvalue weighted by atomic mass is 35.5. The van der Waals surface area contributed by atoms with Gasteiger partial charge in [-0.05, 0) is 19.3 Å². The van der Waals surface area contributed by atoms with E-state index in [1.165, 1.54) is 0 Å². The van der Waals surface area contributed by atoms with Crippen molar-refractivity contribution >= 4 is 21.6 Å². The van der Waals surface area contributed by atoms with Crippen LogP contribution >= 0.6 is 11.6 Å².